The highest BCUT2D eigenvalue weighted by Crippen LogP contribution is 2.47. The zero-order chi connectivity index (χ0) is 29.5. The standard InChI is InChI=1S/C33H41NO7/c1-7-9-15-41-33(36)30-20(3)34-24-16-23(21-10-12-26(37-4)28(18-21)38-5)17-25(35)32(24)31(30)22-11-13-27(40-14-8-2)29(19-22)39-6/h10-13,18-19,23,31,34H,7-9,14-17H2,1-6H3/t23-,31+/m0/s1. The van der Waals surface area contributed by atoms with E-state index in [1.165, 1.54) is 0 Å². The highest BCUT2D eigenvalue weighted by molar-refractivity contribution is 6.04. The number of benzene rings is 2. The molecule has 0 amide bonds. The summed E-state index contributed by atoms with van der Waals surface area (Å²) >= 11 is 0. The number of ether oxygens (including phenoxy) is 5. The van der Waals surface area contributed by atoms with Gasteiger partial charge < -0.3 is 29.0 Å². The predicted octanol–water partition coefficient (Wildman–Crippen LogP) is 6.21. The van der Waals surface area contributed by atoms with Gasteiger partial charge in [-0.2, -0.15) is 0 Å². The molecule has 0 fully saturated rings. The van der Waals surface area contributed by atoms with Gasteiger partial charge in [0, 0.05) is 29.3 Å². The molecule has 2 aromatic carbocycles. The molecule has 1 heterocycles. The van der Waals surface area contributed by atoms with Crippen LogP contribution in [0.15, 0.2) is 58.9 Å². The molecule has 8 heteroatoms. The summed E-state index contributed by atoms with van der Waals surface area (Å²) in [6, 6.07) is 11.4. The van der Waals surface area contributed by atoms with Gasteiger partial charge in [0.05, 0.1) is 40.1 Å². The average Bonchev–Trinajstić information content (AvgIpc) is 2.98. The number of hydrogen-bond donors (Lipinski definition) is 1. The van der Waals surface area contributed by atoms with E-state index in [0.29, 0.717) is 65.9 Å². The second-order valence-electron chi connectivity index (χ2n) is 10.4. The number of unbranched alkanes of at least 4 members (excludes halogenated alkanes) is 1. The average molecular weight is 564 g/mol. The van der Waals surface area contributed by atoms with Crippen LogP contribution in [-0.2, 0) is 14.3 Å². The predicted molar refractivity (Wildman–Crippen MR) is 157 cm³/mol. The molecule has 0 bridgehead atoms. The topological polar surface area (TPSA) is 92.3 Å². The van der Waals surface area contributed by atoms with Crippen LogP contribution in [0, 0.1) is 0 Å². The van der Waals surface area contributed by atoms with Crippen molar-refractivity contribution in [3.63, 3.8) is 0 Å². The first-order valence-corrected chi connectivity index (χ1v) is 14.3. The molecule has 0 saturated heterocycles. The number of ketones is 1. The fraction of sp³-hybridized carbons (Fsp3) is 0.455. The number of hydrogen-bond acceptors (Lipinski definition) is 8. The molecular weight excluding hydrogens is 522 g/mol. The summed E-state index contributed by atoms with van der Waals surface area (Å²) in [6.07, 6.45) is 3.46. The van der Waals surface area contributed by atoms with E-state index < -0.39 is 11.9 Å². The molecule has 0 spiro atoms. The molecule has 1 N–H and O–H groups in total. The Bertz CT molecular complexity index is 1340. The minimum atomic E-state index is -0.589. The molecule has 0 saturated carbocycles. The Balaban J connectivity index is 1.77. The van der Waals surface area contributed by atoms with Gasteiger partial charge >= 0.3 is 5.97 Å². The lowest BCUT2D eigenvalue weighted by Gasteiger charge is -2.37. The summed E-state index contributed by atoms with van der Waals surface area (Å²) in [4.78, 5) is 27.5. The van der Waals surface area contributed by atoms with E-state index in [1.54, 1.807) is 21.3 Å². The maximum Gasteiger partial charge on any atom is 0.336 e. The van der Waals surface area contributed by atoms with Crippen molar-refractivity contribution < 1.29 is 33.3 Å². The van der Waals surface area contributed by atoms with Gasteiger partial charge in [0.25, 0.3) is 0 Å². The lowest BCUT2D eigenvalue weighted by Crippen LogP contribution is -2.36. The third-order valence-corrected chi connectivity index (χ3v) is 7.64. The Labute approximate surface area is 242 Å². The first-order chi connectivity index (χ1) is 19.9. The second kappa shape index (κ2) is 13.6. The first-order valence-electron chi connectivity index (χ1n) is 14.3. The molecule has 8 nitrogen and oxygen atoms in total. The fourth-order valence-electron chi connectivity index (χ4n) is 5.57. The van der Waals surface area contributed by atoms with Crippen molar-refractivity contribution in [2.24, 2.45) is 0 Å². The first kappa shape index (κ1) is 30.0. The van der Waals surface area contributed by atoms with Crippen LogP contribution in [0.4, 0.5) is 0 Å². The molecular formula is C33H41NO7. The number of methoxy groups -OCH3 is 3. The maximum absolute atomic E-state index is 14.0. The zero-order valence-electron chi connectivity index (χ0n) is 24.9. The van der Waals surface area contributed by atoms with Crippen molar-refractivity contribution in [2.75, 3.05) is 34.5 Å². The SMILES string of the molecule is CCCCOC(=O)C1=C(C)NC2=C(C(=O)C[C@@H](c3ccc(OC)c(OC)c3)C2)[C@@H]1c1ccc(OCCC)c(OC)c1. The fourth-order valence-corrected chi connectivity index (χ4v) is 5.57. The normalized spacial score (nSPS) is 18.4. The van der Waals surface area contributed by atoms with Gasteiger partial charge in [-0.15, -0.1) is 0 Å². The van der Waals surface area contributed by atoms with Gasteiger partial charge in [0.2, 0.25) is 0 Å². The Hall–Kier alpha value is -3.94. The van der Waals surface area contributed by atoms with E-state index in [0.717, 1.165) is 36.1 Å². The van der Waals surface area contributed by atoms with Crippen LogP contribution in [0.1, 0.15) is 75.8 Å². The molecule has 2 aliphatic rings. The van der Waals surface area contributed by atoms with Crippen LogP contribution in [0.25, 0.3) is 0 Å². The Morgan fingerprint density at radius 2 is 1.51 bits per heavy atom. The number of allylic oxidation sites excluding steroid dienone is 3. The van der Waals surface area contributed by atoms with E-state index in [-0.39, 0.29) is 11.7 Å². The van der Waals surface area contributed by atoms with Crippen LogP contribution in [0.5, 0.6) is 23.0 Å². The summed E-state index contributed by atoms with van der Waals surface area (Å²) in [5.41, 5.74) is 4.31. The van der Waals surface area contributed by atoms with Crippen LogP contribution < -0.4 is 24.3 Å². The molecule has 1 aliphatic carbocycles. The smallest absolute Gasteiger partial charge is 0.336 e. The third-order valence-electron chi connectivity index (χ3n) is 7.64. The number of carbonyl (C=O) groups excluding carboxylic acids is 2. The van der Waals surface area contributed by atoms with E-state index in [2.05, 4.69) is 5.32 Å². The van der Waals surface area contributed by atoms with Crippen LogP contribution >= 0.6 is 0 Å². The number of nitrogens with one attached hydrogen (secondary N) is 1. The van der Waals surface area contributed by atoms with Gasteiger partial charge in [-0.3, -0.25) is 4.79 Å². The van der Waals surface area contributed by atoms with Gasteiger partial charge in [-0.1, -0.05) is 32.4 Å². The minimum Gasteiger partial charge on any atom is -0.493 e. The number of Topliss-reactive ketones (excluding diaryl/α,β-unsaturated/α-hetero) is 1. The van der Waals surface area contributed by atoms with Crippen LogP contribution in [-0.4, -0.2) is 46.3 Å². The highest BCUT2D eigenvalue weighted by Gasteiger charge is 2.41. The van der Waals surface area contributed by atoms with Crippen molar-refractivity contribution in [1.29, 1.82) is 0 Å². The molecule has 0 aromatic heterocycles. The maximum atomic E-state index is 14.0. The van der Waals surface area contributed by atoms with Crippen LogP contribution in [0.2, 0.25) is 0 Å². The van der Waals surface area contributed by atoms with E-state index in [1.807, 2.05) is 57.2 Å². The molecule has 2 aromatic rings. The van der Waals surface area contributed by atoms with Gasteiger partial charge in [0.1, 0.15) is 0 Å². The summed E-state index contributed by atoms with van der Waals surface area (Å²) in [6.45, 7) is 6.84. The van der Waals surface area contributed by atoms with Gasteiger partial charge in [0.15, 0.2) is 28.8 Å². The lowest BCUT2D eigenvalue weighted by molar-refractivity contribution is -0.139. The van der Waals surface area contributed by atoms with Crippen LogP contribution in [0.3, 0.4) is 0 Å². The molecule has 1 aliphatic heterocycles. The zero-order valence-corrected chi connectivity index (χ0v) is 24.9. The number of rotatable bonds is 12. The second-order valence-corrected chi connectivity index (χ2v) is 10.4. The molecule has 0 unspecified atom stereocenters. The molecule has 41 heavy (non-hydrogen) atoms. The van der Waals surface area contributed by atoms with Crippen molar-refractivity contribution in [2.45, 2.75) is 64.7 Å². The van der Waals surface area contributed by atoms with E-state index in [4.69, 9.17) is 23.7 Å². The molecule has 2 atom stereocenters. The summed E-state index contributed by atoms with van der Waals surface area (Å²) < 4.78 is 28.1. The van der Waals surface area contributed by atoms with Crippen molar-refractivity contribution >= 4 is 11.8 Å². The summed E-state index contributed by atoms with van der Waals surface area (Å²) in [7, 11) is 4.79. The molecule has 220 valence electrons. The monoisotopic (exact) mass is 563 g/mol. The van der Waals surface area contributed by atoms with E-state index in [9.17, 15) is 9.59 Å². The highest BCUT2D eigenvalue weighted by atomic mass is 16.5. The van der Waals surface area contributed by atoms with Gasteiger partial charge in [-0.05, 0) is 67.5 Å². The van der Waals surface area contributed by atoms with E-state index >= 15 is 0 Å². The number of dihydropyridines is 1. The van der Waals surface area contributed by atoms with Crippen molar-refractivity contribution in [3.05, 3.63) is 70.1 Å². The third kappa shape index (κ3) is 6.37. The quantitative estimate of drug-likeness (QED) is 0.241. The molecule has 0 radical (unpaired) electrons. The van der Waals surface area contributed by atoms with Crippen molar-refractivity contribution in [3.8, 4) is 23.0 Å². The summed E-state index contributed by atoms with van der Waals surface area (Å²) in [5.74, 6) is 1.36. The van der Waals surface area contributed by atoms with Gasteiger partial charge in [-0.25, -0.2) is 4.79 Å². The Morgan fingerprint density at radius 3 is 2.20 bits per heavy atom. The van der Waals surface area contributed by atoms with Crippen molar-refractivity contribution in [1.82, 2.24) is 5.32 Å². The summed E-state index contributed by atoms with van der Waals surface area (Å²) in [5, 5.41) is 3.41. The largest absolute Gasteiger partial charge is 0.493 e. The number of carbonyl (C=O) groups is 2. The Kier molecular flexibility index (Phi) is 9.97. The number of esters is 1. The molecule has 4 rings (SSSR count). The Morgan fingerprint density at radius 1 is 0.854 bits per heavy atom. The minimum absolute atomic E-state index is 0.0137. The lowest BCUT2D eigenvalue weighted by atomic mass is 9.71.